The van der Waals surface area contributed by atoms with Crippen LogP contribution in [0, 0.1) is 12.3 Å². The van der Waals surface area contributed by atoms with E-state index in [1.807, 2.05) is 24.3 Å². The quantitative estimate of drug-likeness (QED) is 0.633. The van der Waals surface area contributed by atoms with Gasteiger partial charge in [0.15, 0.2) is 0 Å². The molecule has 0 heterocycles. The Kier molecular flexibility index (Phi) is 6.42. The summed E-state index contributed by atoms with van der Waals surface area (Å²) >= 11 is 3.45. The molecule has 0 saturated heterocycles. The molecular weight excluding hydrogens is 278 g/mol. The zero-order valence-corrected chi connectivity index (χ0v) is 11.3. The Labute approximate surface area is 111 Å². The van der Waals surface area contributed by atoms with Gasteiger partial charge in [-0.15, -0.1) is 12.3 Å². The van der Waals surface area contributed by atoms with Gasteiger partial charge < -0.3 is 5.32 Å². The van der Waals surface area contributed by atoms with Gasteiger partial charge in [-0.3, -0.25) is 4.79 Å². The highest BCUT2D eigenvalue weighted by atomic mass is 79.9. The lowest BCUT2D eigenvalue weighted by atomic mass is 10.2. The van der Waals surface area contributed by atoms with Crippen LogP contribution >= 0.6 is 15.9 Å². The normalized spacial score (nSPS) is 9.65. The molecule has 1 N–H and O–H groups in total. The number of benzene rings is 1. The van der Waals surface area contributed by atoms with Crippen LogP contribution in [0.25, 0.3) is 0 Å². The predicted molar refractivity (Wildman–Crippen MR) is 73.3 cm³/mol. The Morgan fingerprint density at radius 2 is 2.12 bits per heavy atom. The van der Waals surface area contributed by atoms with E-state index in [1.165, 1.54) is 0 Å². The van der Waals surface area contributed by atoms with Crippen molar-refractivity contribution >= 4 is 21.8 Å². The third kappa shape index (κ3) is 5.55. The van der Waals surface area contributed by atoms with Gasteiger partial charge in [-0.1, -0.05) is 34.1 Å². The second-order valence-corrected chi connectivity index (χ2v) is 4.63. The number of carbonyl (C=O) groups excluding carboxylic acids is 1. The molecule has 1 amide bonds. The Hall–Kier alpha value is -1.27. The summed E-state index contributed by atoms with van der Waals surface area (Å²) in [6.07, 6.45) is 8.21. The predicted octanol–water partition coefficient (Wildman–Crippen LogP) is 3.26. The molecule has 0 unspecified atom stereocenters. The lowest BCUT2D eigenvalue weighted by Gasteiger charge is -2.06. The van der Waals surface area contributed by atoms with Crippen LogP contribution < -0.4 is 5.32 Å². The molecule has 1 aromatic rings. The summed E-state index contributed by atoms with van der Waals surface area (Å²) in [5.41, 5.74) is 1.09. The number of carbonyl (C=O) groups is 1. The number of terminal acetylenes is 1. The van der Waals surface area contributed by atoms with Crippen molar-refractivity contribution in [3.8, 4) is 12.3 Å². The largest absolute Gasteiger partial charge is 0.352 e. The topological polar surface area (TPSA) is 29.1 Å². The fourth-order valence-corrected chi connectivity index (χ4v) is 1.86. The van der Waals surface area contributed by atoms with E-state index in [-0.39, 0.29) is 5.91 Å². The van der Waals surface area contributed by atoms with E-state index in [4.69, 9.17) is 6.42 Å². The minimum Gasteiger partial charge on any atom is -0.352 e. The second kappa shape index (κ2) is 7.92. The number of hydrogen-bond acceptors (Lipinski definition) is 1. The van der Waals surface area contributed by atoms with Gasteiger partial charge in [0.2, 0.25) is 5.91 Å². The van der Waals surface area contributed by atoms with Gasteiger partial charge in [0.25, 0.3) is 0 Å². The fraction of sp³-hybridized carbons (Fsp3) is 0.357. The van der Waals surface area contributed by atoms with Crippen molar-refractivity contribution in [2.24, 2.45) is 0 Å². The molecule has 0 aliphatic heterocycles. The zero-order valence-electron chi connectivity index (χ0n) is 9.71. The van der Waals surface area contributed by atoms with E-state index in [9.17, 15) is 4.79 Å². The molecule has 1 rings (SSSR count). The van der Waals surface area contributed by atoms with Crippen LogP contribution in [-0.2, 0) is 11.3 Å². The Morgan fingerprint density at radius 1 is 1.35 bits per heavy atom. The molecule has 90 valence electrons. The van der Waals surface area contributed by atoms with Crippen molar-refractivity contribution in [1.82, 2.24) is 5.32 Å². The summed E-state index contributed by atoms with van der Waals surface area (Å²) in [5, 5.41) is 2.90. The maximum absolute atomic E-state index is 11.5. The van der Waals surface area contributed by atoms with Crippen LogP contribution in [0.4, 0.5) is 0 Å². The Bertz CT molecular complexity index is 409. The number of amides is 1. The van der Waals surface area contributed by atoms with Crippen molar-refractivity contribution in [3.05, 3.63) is 34.3 Å². The van der Waals surface area contributed by atoms with Crippen LogP contribution in [0.2, 0.25) is 0 Å². The van der Waals surface area contributed by atoms with E-state index in [1.54, 1.807) is 0 Å². The highest BCUT2D eigenvalue weighted by molar-refractivity contribution is 9.10. The third-order valence-corrected chi connectivity index (χ3v) is 3.18. The Morgan fingerprint density at radius 3 is 2.82 bits per heavy atom. The van der Waals surface area contributed by atoms with Crippen molar-refractivity contribution in [3.63, 3.8) is 0 Å². The van der Waals surface area contributed by atoms with Crippen molar-refractivity contribution < 1.29 is 4.79 Å². The molecule has 1 aromatic carbocycles. The third-order valence-electron chi connectivity index (χ3n) is 2.41. The molecule has 0 fully saturated rings. The van der Waals surface area contributed by atoms with Crippen LogP contribution in [0.5, 0.6) is 0 Å². The standard InChI is InChI=1S/C14H16BrNO/c1-2-3-4-5-10-14(17)16-11-12-8-6-7-9-13(12)15/h1,6-9H,3-5,10-11H2,(H,16,17). The summed E-state index contributed by atoms with van der Waals surface area (Å²) in [4.78, 5) is 11.5. The first kappa shape index (κ1) is 13.8. The van der Waals surface area contributed by atoms with E-state index in [2.05, 4.69) is 27.2 Å². The Balaban J connectivity index is 2.25. The van der Waals surface area contributed by atoms with Crippen LogP contribution in [0.1, 0.15) is 31.2 Å². The summed E-state index contributed by atoms with van der Waals surface area (Å²) in [6, 6.07) is 7.87. The molecule has 3 heteroatoms. The van der Waals surface area contributed by atoms with Gasteiger partial charge >= 0.3 is 0 Å². The van der Waals surface area contributed by atoms with E-state index < -0.39 is 0 Å². The first-order valence-corrected chi connectivity index (χ1v) is 6.47. The molecule has 0 aliphatic rings. The molecular formula is C14H16BrNO. The number of unbranched alkanes of at least 4 members (excludes halogenated alkanes) is 2. The lowest BCUT2D eigenvalue weighted by molar-refractivity contribution is -0.121. The van der Waals surface area contributed by atoms with Gasteiger partial charge in [0.05, 0.1) is 0 Å². The van der Waals surface area contributed by atoms with E-state index in [0.717, 1.165) is 29.3 Å². The van der Waals surface area contributed by atoms with Crippen molar-refractivity contribution in [2.45, 2.75) is 32.2 Å². The monoisotopic (exact) mass is 293 g/mol. The molecule has 0 saturated carbocycles. The minimum atomic E-state index is 0.0813. The summed E-state index contributed by atoms with van der Waals surface area (Å²) in [5.74, 6) is 2.65. The first-order chi connectivity index (χ1) is 8.24. The molecule has 0 aromatic heterocycles. The SMILES string of the molecule is C#CCCCCC(=O)NCc1ccccc1Br. The molecule has 2 nitrogen and oxygen atoms in total. The number of halogens is 1. The van der Waals surface area contributed by atoms with Crippen LogP contribution in [0.3, 0.4) is 0 Å². The maximum Gasteiger partial charge on any atom is 0.220 e. The van der Waals surface area contributed by atoms with Gasteiger partial charge in [-0.05, 0) is 24.5 Å². The zero-order chi connectivity index (χ0) is 12.5. The molecule has 0 bridgehead atoms. The molecule has 0 aliphatic carbocycles. The number of rotatable bonds is 6. The molecule has 0 spiro atoms. The van der Waals surface area contributed by atoms with Gasteiger partial charge in [-0.25, -0.2) is 0 Å². The number of hydrogen-bond donors (Lipinski definition) is 1. The average molecular weight is 294 g/mol. The molecule has 0 radical (unpaired) electrons. The fourth-order valence-electron chi connectivity index (χ4n) is 1.44. The van der Waals surface area contributed by atoms with Crippen molar-refractivity contribution in [1.29, 1.82) is 0 Å². The number of nitrogens with one attached hydrogen (secondary N) is 1. The van der Waals surface area contributed by atoms with E-state index in [0.29, 0.717) is 13.0 Å². The highest BCUT2D eigenvalue weighted by Gasteiger charge is 2.02. The summed E-state index contributed by atoms with van der Waals surface area (Å²) < 4.78 is 1.02. The van der Waals surface area contributed by atoms with Crippen molar-refractivity contribution in [2.75, 3.05) is 0 Å². The van der Waals surface area contributed by atoms with Crippen LogP contribution in [-0.4, -0.2) is 5.91 Å². The molecule has 17 heavy (non-hydrogen) atoms. The van der Waals surface area contributed by atoms with Gasteiger partial charge in [-0.2, -0.15) is 0 Å². The summed E-state index contributed by atoms with van der Waals surface area (Å²) in [6.45, 7) is 0.565. The average Bonchev–Trinajstić information content (AvgIpc) is 2.34. The van der Waals surface area contributed by atoms with Gasteiger partial charge in [0.1, 0.15) is 0 Å². The minimum absolute atomic E-state index is 0.0813. The van der Waals surface area contributed by atoms with Crippen LogP contribution in [0.15, 0.2) is 28.7 Å². The van der Waals surface area contributed by atoms with E-state index >= 15 is 0 Å². The summed E-state index contributed by atoms with van der Waals surface area (Å²) in [7, 11) is 0. The first-order valence-electron chi connectivity index (χ1n) is 5.67. The lowest BCUT2D eigenvalue weighted by Crippen LogP contribution is -2.22. The highest BCUT2D eigenvalue weighted by Crippen LogP contribution is 2.15. The smallest absolute Gasteiger partial charge is 0.220 e. The second-order valence-electron chi connectivity index (χ2n) is 3.78. The van der Waals surface area contributed by atoms with Gasteiger partial charge in [0, 0.05) is 23.9 Å². The molecule has 0 atom stereocenters. The maximum atomic E-state index is 11.5.